The van der Waals surface area contributed by atoms with Gasteiger partial charge in [-0.2, -0.15) is 10.5 Å². The Morgan fingerprint density at radius 3 is 2.55 bits per heavy atom. The van der Waals surface area contributed by atoms with E-state index in [1.807, 2.05) is 36.5 Å². The highest BCUT2D eigenvalue weighted by molar-refractivity contribution is 5.98. The number of nitrogen functional groups attached to an aromatic ring is 2. The highest BCUT2D eigenvalue weighted by atomic mass is 15.2. The van der Waals surface area contributed by atoms with E-state index in [2.05, 4.69) is 51.8 Å². The van der Waals surface area contributed by atoms with E-state index in [4.69, 9.17) is 16.7 Å². The molecule has 6 N–H and O–H groups in total. The van der Waals surface area contributed by atoms with Crippen molar-refractivity contribution >= 4 is 23.3 Å². The molecule has 1 atom stereocenters. The molecule has 1 unspecified atom stereocenters. The van der Waals surface area contributed by atoms with Crippen LogP contribution in [-0.4, -0.2) is 10.9 Å². The molecule has 1 aliphatic heterocycles. The standard InChI is InChI=1S/C23H20N8/c1-2-13-6-8-14(9-7-13)15-4-3-5-16(10-15)20-18-19(26)17(11-24)21(27)30-22(18)31-23(29-20)28-12-25/h3-10,20H,2H2,1H3,(H6,26,27,28,29,30,31). The highest BCUT2D eigenvalue weighted by Gasteiger charge is 2.29. The molecule has 4 rings (SSSR count). The molecule has 152 valence electrons. The number of pyridine rings is 1. The van der Waals surface area contributed by atoms with E-state index in [0.29, 0.717) is 11.4 Å². The molecule has 0 bridgehead atoms. The topological polar surface area (TPSA) is 149 Å². The summed E-state index contributed by atoms with van der Waals surface area (Å²) in [4.78, 5) is 8.90. The van der Waals surface area contributed by atoms with Gasteiger partial charge in [0.15, 0.2) is 6.19 Å². The fourth-order valence-corrected chi connectivity index (χ4v) is 3.64. The molecule has 0 saturated carbocycles. The lowest BCUT2D eigenvalue weighted by atomic mass is 9.92. The Bertz CT molecular complexity index is 1260. The van der Waals surface area contributed by atoms with E-state index in [-0.39, 0.29) is 23.0 Å². The van der Waals surface area contributed by atoms with Crippen molar-refractivity contribution in [1.82, 2.24) is 10.3 Å². The fraction of sp³-hybridized carbons (Fsp3) is 0.130. The molecular formula is C23H20N8. The number of hydrogen-bond donors (Lipinski definition) is 4. The third-order valence-electron chi connectivity index (χ3n) is 5.26. The maximum Gasteiger partial charge on any atom is 0.211 e. The van der Waals surface area contributed by atoms with Crippen LogP contribution in [0.5, 0.6) is 0 Å². The van der Waals surface area contributed by atoms with Gasteiger partial charge in [-0.3, -0.25) is 5.32 Å². The molecule has 8 nitrogen and oxygen atoms in total. The second-order valence-corrected chi connectivity index (χ2v) is 7.08. The second-order valence-electron chi connectivity index (χ2n) is 7.08. The van der Waals surface area contributed by atoms with Gasteiger partial charge in [0.25, 0.3) is 0 Å². The first-order chi connectivity index (χ1) is 15.0. The van der Waals surface area contributed by atoms with Crippen LogP contribution in [0.3, 0.4) is 0 Å². The van der Waals surface area contributed by atoms with Crippen LogP contribution >= 0.6 is 0 Å². The SMILES string of the molecule is CCc1ccc(-c2cccc(C3N=C(NC#N)Nc4nc(N)c(C#N)c(N)c43)c2)cc1. The molecule has 3 aromatic rings. The molecule has 1 aliphatic rings. The van der Waals surface area contributed by atoms with Gasteiger partial charge in [-0.1, -0.05) is 49.4 Å². The average Bonchev–Trinajstić information content (AvgIpc) is 2.79. The summed E-state index contributed by atoms with van der Waals surface area (Å²) in [6, 6.07) is 17.8. The number of guanidine groups is 1. The summed E-state index contributed by atoms with van der Waals surface area (Å²) in [5.41, 5.74) is 17.3. The largest absolute Gasteiger partial charge is 0.397 e. The van der Waals surface area contributed by atoms with Gasteiger partial charge in [-0.25, -0.2) is 9.98 Å². The second kappa shape index (κ2) is 8.05. The van der Waals surface area contributed by atoms with Gasteiger partial charge < -0.3 is 16.8 Å². The average molecular weight is 408 g/mol. The minimum atomic E-state index is -0.567. The first-order valence-electron chi connectivity index (χ1n) is 9.73. The molecule has 1 aromatic heterocycles. The van der Waals surface area contributed by atoms with Gasteiger partial charge in [0.05, 0.1) is 5.69 Å². The Kier molecular flexibility index (Phi) is 5.13. The smallest absolute Gasteiger partial charge is 0.211 e. The van der Waals surface area contributed by atoms with Crippen molar-refractivity contribution in [1.29, 1.82) is 10.5 Å². The van der Waals surface area contributed by atoms with E-state index in [1.165, 1.54) is 5.56 Å². The summed E-state index contributed by atoms with van der Waals surface area (Å²) in [7, 11) is 0. The Labute approximate surface area is 179 Å². The summed E-state index contributed by atoms with van der Waals surface area (Å²) >= 11 is 0. The Balaban J connectivity index is 1.85. The van der Waals surface area contributed by atoms with Gasteiger partial charge in [-0.05, 0) is 34.7 Å². The van der Waals surface area contributed by atoms with Gasteiger partial charge in [-0.15, -0.1) is 0 Å². The molecule has 0 saturated heterocycles. The number of benzene rings is 2. The van der Waals surface area contributed by atoms with Crippen LogP contribution in [-0.2, 0) is 6.42 Å². The number of aliphatic imine (C=N–C) groups is 1. The quantitative estimate of drug-likeness (QED) is 0.384. The summed E-state index contributed by atoms with van der Waals surface area (Å²) in [5, 5.41) is 24.0. The summed E-state index contributed by atoms with van der Waals surface area (Å²) in [6.45, 7) is 2.12. The predicted octanol–water partition coefficient (Wildman–Crippen LogP) is 3.29. The zero-order chi connectivity index (χ0) is 22.0. The van der Waals surface area contributed by atoms with E-state index >= 15 is 0 Å². The van der Waals surface area contributed by atoms with E-state index < -0.39 is 6.04 Å². The predicted molar refractivity (Wildman–Crippen MR) is 121 cm³/mol. The van der Waals surface area contributed by atoms with Gasteiger partial charge >= 0.3 is 0 Å². The number of nitrogens with zero attached hydrogens (tertiary/aromatic N) is 4. The van der Waals surface area contributed by atoms with Crippen LogP contribution in [0.25, 0.3) is 11.1 Å². The Morgan fingerprint density at radius 2 is 1.87 bits per heavy atom. The van der Waals surface area contributed by atoms with Crippen molar-refractivity contribution < 1.29 is 0 Å². The van der Waals surface area contributed by atoms with Crippen molar-refractivity contribution in [2.45, 2.75) is 19.4 Å². The lowest BCUT2D eigenvalue weighted by molar-refractivity contribution is 0.847. The number of rotatable bonds is 3. The van der Waals surface area contributed by atoms with Crippen molar-refractivity contribution in [2.75, 3.05) is 16.8 Å². The Hall–Kier alpha value is -4.56. The van der Waals surface area contributed by atoms with E-state index in [9.17, 15) is 5.26 Å². The van der Waals surface area contributed by atoms with E-state index in [1.54, 1.807) is 0 Å². The lowest BCUT2D eigenvalue weighted by Crippen LogP contribution is -2.32. The first-order valence-corrected chi connectivity index (χ1v) is 9.73. The van der Waals surface area contributed by atoms with Gasteiger partial charge in [0, 0.05) is 5.56 Å². The number of aromatic nitrogens is 1. The van der Waals surface area contributed by atoms with Crippen molar-refractivity contribution in [3.63, 3.8) is 0 Å². The summed E-state index contributed by atoms with van der Waals surface area (Å²) < 4.78 is 0. The number of aryl methyl sites for hydroxylation is 1. The monoisotopic (exact) mass is 408 g/mol. The summed E-state index contributed by atoms with van der Waals surface area (Å²) in [6.07, 6.45) is 2.83. The van der Waals surface area contributed by atoms with Crippen LogP contribution in [0.1, 0.15) is 35.2 Å². The molecule has 0 fully saturated rings. The molecule has 31 heavy (non-hydrogen) atoms. The van der Waals surface area contributed by atoms with E-state index in [0.717, 1.165) is 23.1 Å². The van der Waals surface area contributed by atoms with Crippen molar-refractivity contribution in [2.24, 2.45) is 4.99 Å². The number of fused-ring (bicyclic) bond motifs is 1. The number of nitrogens with one attached hydrogen (secondary N) is 2. The maximum atomic E-state index is 9.47. The molecule has 0 aliphatic carbocycles. The fourth-order valence-electron chi connectivity index (χ4n) is 3.64. The highest BCUT2D eigenvalue weighted by Crippen LogP contribution is 2.41. The Morgan fingerprint density at radius 1 is 1.10 bits per heavy atom. The first kappa shape index (κ1) is 19.7. The molecule has 2 heterocycles. The lowest BCUT2D eigenvalue weighted by Gasteiger charge is -2.26. The number of hydrogen-bond acceptors (Lipinski definition) is 8. The zero-order valence-corrected chi connectivity index (χ0v) is 16.8. The zero-order valence-electron chi connectivity index (χ0n) is 16.8. The van der Waals surface area contributed by atoms with Crippen LogP contribution in [0.15, 0.2) is 53.5 Å². The van der Waals surface area contributed by atoms with Crippen molar-refractivity contribution in [3.8, 4) is 23.4 Å². The molecule has 8 heteroatoms. The van der Waals surface area contributed by atoms with Crippen LogP contribution in [0, 0.1) is 22.8 Å². The third kappa shape index (κ3) is 3.59. The van der Waals surface area contributed by atoms with Crippen LogP contribution in [0.2, 0.25) is 0 Å². The minimum Gasteiger partial charge on any atom is -0.397 e. The van der Waals surface area contributed by atoms with Gasteiger partial charge in [0.2, 0.25) is 5.96 Å². The van der Waals surface area contributed by atoms with Crippen LogP contribution < -0.4 is 22.1 Å². The number of anilines is 3. The summed E-state index contributed by atoms with van der Waals surface area (Å²) in [5.74, 6) is 0.617. The minimum absolute atomic E-state index is 0.0213. The normalized spacial score (nSPS) is 14.4. The van der Waals surface area contributed by atoms with Crippen molar-refractivity contribution in [3.05, 3.63) is 70.8 Å². The van der Waals surface area contributed by atoms with Gasteiger partial charge in [0.1, 0.15) is 29.3 Å². The number of nitrogens with two attached hydrogens (primary N) is 2. The number of nitriles is 2. The van der Waals surface area contributed by atoms with Crippen LogP contribution in [0.4, 0.5) is 17.3 Å². The maximum absolute atomic E-state index is 9.47. The molecule has 0 radical (unpaired) electrons. The third-order valence-corrected chi connectivity index (χ3v) is 5.26. The molecular weight excluding hydrogens is 388 g/mol. The molecule has 2 aromatic carbocycles. The molecule has 0 spiro atoms. The molecule has 0 amide bonds.